The van der Waals surface area contributed by atoms with Crippen LogP contribution < -0.4 is 5.32 Å². The Kier molecular flexibility index (Phi) is 3.50. The van der Waals surface area contributed by atoms with Gasteiger partial charge in [0, 0.05) is 18.6 Å². The maximum Gasteiger partial charge on any atom is 0.0554 e. The topological polar surface area (TPSA) is 41.5 Å². The monoisotopic (exact) mass is 173 g/mol. The van der Waals surface area contributed by atoms with Gasteiger partial charge in [-0.2, -0.15) is 0 Å². The zero-order chi connectivity index (χ0) is 9.03. The van der Waals surface area contributed by atoms with Crippen molar-refractivity contribution in [1.29, 1.82) is 0 Å². The molecule has 1 atom stereocenters. The molecule has 0 saturated carbocycles. The van der Waals surface area contributed by atoms with Gasteiger partial charge in [0.25, 0.3) is 0 Å². The van der Waals surface area contributed by atoms with Crippen LogP contribution in [0.2, 0.25) is 0 Å². The zero-order valence-corrected chi connectivity index (χ0v) is 7.97. The Balaban J connectivity index is 2.01. The first-order valence-electron chi connectivity index (χ1n) is 4.56. The van der Waals surface area contributed by atoms with Crippen LogP contribution in [0, 0.1) is 11.3 Å². The van der Waals surface area contributed by atoms with Crippen LogP contribution in [-0.4, -0.2) is 38.0 Å². The molecule has 0 aromatic carbocycles. The Bertz CT molecular complexity index is 134. The van der Waals surface area contributed by atoms with Crippen molar-refractivity contribution in [2.45, 2.75) is 13.8 Å². The van der Waals surface area contributed by atoms with Crippen LogP contribution in [0.1, 0.15) is 13.8 Å². The molecule has 0 amide bonds. The minimum Gasteiger partial charge on any atom is -0.396 e. The standard InChI is InChI=1S/C9H19NO2/c1-8(4-11)3-10-5-9(2)6-12-7-9/h8,10-11H,3-7H2,1-2H3. The smallest absolute Gasteiger partial charge is 0.0554 e. The quantitative estimate of drug-likeness (QED) is 0.626. The summed E-state index contributed by atoms with van der Waals surface area (Å²) in [6, 6.07) is 0. The predicted molar refractivity (Wildman–Crippen MR) is 48.0 cm³/mol. The second-order valence-corrected chi connectivity index (χ2v) is 4.22. The van der Waals surface area contributed by atoms with Crippen molar-refractivity contribution in [3.8, 4) is 0 Å². The minimum atomic E-state index is 0.264. The van der Waals surface area contributed by atoms with Gasteiger partial charge in [-0.15, -0.1) is 0 Å². The molecule has 1 heterocycles. The largest absolute Gasteiger partial charge is 0.396 e. The Morgan fingerprint density at radius 2 is 2.25 bits per heavy atom. The van der Waals surface area contributed by atoms with E-state index in [4.69, 9.17) is 9.84 Å². The van der Waals surface area contributed by atoms with Crippen LogP contribution in [0.5, 0.6) is 0 Å². The van der Waals surface area contributed by atoms with Crippen LogP contribution >= 0.6 is 0 Å². The van der Waals surface area contributed by atoms with Crippen molar-refractivity contribution in [2.24, 2.45) is 11.3 Å². The van der Waals surface area contributed by atoms with Gasteiger partial charge in [0.15, 0.2) is 0 Å². The molecule has 1 saturated heterocycles. The molecule has 0 aromatic heterocycles. The van der Waals surface area contributed by atoms with E-state index in [1.807, 2.05) is 6.92 Å². The van der Waals surface area contributed by atoms with Crippen molar-refractivity contribution < 1.29 is 9.84 Å². The lowest BCUT2D eigenvalue weighted by Gasteiger charge is -2.38. The van der Waals surface area contributed by atoms with Crippen molar-refractivity contribution in [2.75, 3.05) is 32.9 Å². The molecule has 1 rings (SSSR count). The summed E-state index contributed by atoms with van der Waals surface area (Å²) in [7, 11) is 0. The lowest BCUT2D eigenvalue weighted by atomic mass is 9.88. The molecule has 12 heavy (non-hydrogen) atoms. The van der Waals surface area contributed by atoms with Gasteiger partial charge >= 0.3 is 0 Å². The number of aliphatic hydroxyl groups excluding tert-OH is 1. The number of nitrogens with one attached hydrogen (secondary N) is 1. The first-order chi connectivity index (χ1) is 5.66. The van der Waals surface area contributed by atoms with Crippen LogP contribution in [0.3, 0.4) is 0 Å². The summed E-state index contributed by atoms with van der Waals surface area (Å²) in [4.78, 5) is 0. The van der Waals surface area contributed by atoms with Gasteiger partial charge < -0.3 is 15.2 Å². The van der Waals surface area contributed by atoms with E-state index in [0.717, 1.165) is 26.3 Å². The third-order valence-electron chi connectivity index (χ3n) is 2.26. The molecule has 1 aliphatic rings. The lowest BCUT2D eigenvalue weighted by Crippen LogP contribution is -2.48. The molecule has 0 aromatic rings. The molecular formula is C9H19NO2. The molecule has 0 aliphatic carbocycles. The highest BCUT2D eigenvalue weighted by molar-refractivity contribution is 4.82. The minimum absolute atomic E-state index is 0.264. The number of hydrogen-bond donors (Lipinski definition) is 2. The van der Waals surface area contributed by atoms with E-state index in [9.17, 15) is 0 Å². The van der Waals surface area contributed by atoms with Crippen molar-refractivity contribution in [3.63, 3.8) is 0 Å². The van der Waals surface area contributed by atoms with E-state index in [1.165, 1.54) is 0 Å². The molecule has 1 aliphatic heterocycles. The fourth-order valence-electron chi connectivity index (χ4n) is 1.24. The van der Waals surface area contributed by atoms with Gasteiger partial charge in [0.1, 0.15) is 0 Å². The van der Waals surface area contributed by atoms with Crippen LogP contribution in [-0.2, 0) is 4.74 Å². The Hall–Kier alpha value is -0.120. The lowest BCUT2D eigenvalue weighted by molar-refractivity contribution is -0.0992. The summed E-state index contributed by atoms with van der Waals surface area (Å²) < 4.78 is 5.13. The molecule has 72 valence electrons. The second-order valence-electron chi connectivity index (χ2n) is 4.22. The summed E-state index contributed by atoms with van der Waals surface area (Å²) in [5.74, 6) is 0.356. The van der Waals surface area contributed by atoms with E-state index in [1.54, 1.807) is 0 Å². The second kappa shape index (κ2) is 4.21. The van der Waals surface area contributed by atoms with E-state index in [0.29, 0.717) is 11.3 Å². The summed E-state index contributed by atoms with van der Waals surface area (Å²) in [5.41, 5.74) is 0.342. The molecule has 3 heteroatoms. The van der Waals surface area contributed by atoms with E-state index in [2.05, 4.69) is 12.2 Å². The summed E-state index contributed by atoms with van der Waals surface area (Å²) in [5, 5.41) is 12.1. The Morgan fingerprint density at radius 3 is 2.67 bits per heavy atom. The van der Waals surface area contributed by atoms with Crippen LogP contribution in [0.25, 0.3) is 0 Å². The van der Waals surface area contributed by atoms with E-state index >= 15 is 0 Å². The van der Waals surface area contributed by atoms with Gasteiger partial charge in [-0.3, -0.25) is 0 Å². The highest BCUT2D eigenvalue weighted by Crippen LogP contribution is 2.24. The highest BCUT2D eigenvalue weighted by Gasteiger charge is 2.32. The number of aliphatic hydroxyl groups is 1. The van der Waals surface area contributed by atoms with E-state index < -0.39 is 0 Å². The maximum absolute atomic E-state index is 8.77. The van der Waals surface area contributed by atoms with Gasteiger partial charge in [0.2, 0.25) is 0 Å². The van der Waals surface area contributed by atoms with Crippen molar-refractivity contribution in [3.05, 3.63) is 0 Å². The Labute approximate surface area is 74.1 Å². The molecule has 1 unspecified atom stereocenters. The molecular weight excluding hydrogens is 154 g/mol. The molecule has 2 N–H and O–H groups in total. The maximum atomic E-state index is 8.77. The third-order valence-corrected chi connectivity index (χ3v) is 2.26. The van der Waals surface area contributed by atoms with Gasteiger partial charge in [-0.25, -0.2) is 0 Å². The van der Waals surface area contributed by atoms with Crippen LogP contribution in [0.15, 0.2) is 0 Å². The number of rotatable bonds is 5. The normalized spacial score (nSPS) is 23.2. The van der Waals surface area contributed by atoms with Crippen molar-refractivity contribution in [1.82, 2.24) is 5.32 Å². The molecule has 0 bridgehead atoms. The molecule has 0 spiro atoms. The summed E-state index contributed by atoms with van der Waals surface area (Å²) in [6.07, 6.45) is 0. The zero-order valence-electron chi connectivity index (χ0n) is 7.97. The fraction of sp³-hybridized carbons (Fsp3) is 1.00. The van der Waals surface area contributed by atoms with Crippen LogP contribution in [0.4, 0.5) is 0 Å². The number of ether oxygens (including phenoxy) is 1. The Morgan fingerprint density at radius 1 is 1.58 bits per heavy atom. The molecule has 0 radical (unpaired) electrons. The number of hydrogen-bond acceptors (Lipinski definition) is 3. The third kappa shape index (κ3) is 2.73. The summed E-state index contributed by atoms with van der Waals surface area (Å²) in [6.45, 7) is 8.14. The first kappa shape index (κ1) is 9.96. The van der Waals surface area contributed by atoms with E-state index in [-0.39, 0.29) is 6.61 Å². The summed E-state index contributed by atoms with van der Waals surface area (Å²) >= 11 is 0. The average molecular weight is 173 g/mol. The van der Waals surface area contributed by atoms with Crippen molar-refractivity contribution >= 4 is 0 Å². The predicted octanol–water partition coefficient (Wildman–Crippen LogP) is 0.241. The first-order valence-corrected chi connectivity index (χ1v) is 4.56. The van der Waals surface area contributed by atoms with Gasteiger partial charge in [-0.05, 0) is 12.5 Å². The van der Waals surface area contributed by atoms with Gasteiger partial charge in [-0.1, -0.05) is 13.8 Å². The SMILES string of the molecule is CC(CO)CNCC1(C)COC1. The molecule has 3 nitrogen and oxygen atoms in total. The fourth-order valence-corrected chi connectivity index (χ4v) is 1.24. The molecule has 1 fully saturated rings. The average Bonchev–Trinajstić information content (AvgIpc) is 2.01. The van der Waals surface area contributed by atoms with Gasteiger partial charge in [0.05, 0.1) is 13.2 Å². The highest BCUT2D eigenvalue weighted by atomic mass is 16.5.